The van der Waals surface area contributed by atoms with E-state index in [2.05, 4.69) is 23.3 Å². The number of rotatable bonds is 4. The van der Waals surface area contributed by atoms with E-state index < -0.39 is 0 Å². The van der Waals surface area contributed by atoms with Gasteiger partial charge in [0.1, 0.15) is 0 Å². The Labute approximate surface area is 85.7 Å². The fraction of sp³-hybridized carbons (Fsp3) is 0.583. The number of pyridine rings is 1. The molecule has 2 nitrogen and oxygen atoms in total. The number of aromatic nitrogens is 1. The van der Waals surface area contributed by atoms with Gasteiger partial charge < -0.3 is 5.32 Å². The summed E-state index contributed by atoms with van der Waals surface area (Å²) in [5.41, 5.74) is 2.52. The van der Waals surface area contributed by atoms with Crippen molar-refractivity contribution in [1.29, 1.82) is 0 Å². The molecular formula is C12H18N2. The van der Waals surface area contributed by atoms with Crippen LogP contribution in [0.15, 0.2) is 18.3 Å². The lowest BCUT2D eigenvalue weighted by Gasteiger charge is -2.16. The second-order valence-electron chi connectivity index (χ2n) is 4.23. The molecule has 0 saturated heterocycles. The average Bonchev–Trinajstić information content (AvgIpc) is 2.99. The molecule has 14 heavy (non-hydrogen) atoms. The summed E-state index contributed by atoms with van der Waals surface area (Å²) in [6.45, 7) is 2.14. The van der Waals surface area contributed by atoms with E-state index in [0.29, 0.717) is 6.04 Å². The van der Waals surface area contributed by atoms with Crippen molar-refractivity contribution in [3.8, 4) is 0 Å². The van der Waals surface area contributed by atoms with E-state index in [1.807, 2.05) is 19.3 Å². The molecule has 0 amide bonds. The highest BCUT2D eigenvalue weighted by molar-refractivity contribution is 5.21. The first kappa shape index (κ1) is 9.66. The van der Waals surface area contributed by atoms with Gasteiger partial charge in [-0.3, -0.25) is 4.98 Å². The van der Waals surface area contributed by atoms with Crippen LogP contribution in [0.1, 0.15) is 36.6 Å². The van der Waals surface area contributed by atoms with Crippen LogP contribution in [0.4, 0.5) is 0 Å². The zero-order chi connectivity index (χ0) is 9.97. The third-order valence-electron chi connectivity index (χ3n) is 2.99. The fourth-order valence-electron chi connectivity index (χ4n) is 1.92. The summed E-state index contributed by atoms with van der Waals surface area (Å²) in [5.74, 6) is 0.939. The molecule has 0 aliphatic heterocycles. The number of nitrogens with one attached hydrogen (secondary N) is 1. The molecule has 1 saturated carbocycles. The van der Waals surface area contributed by atoms with Gasteiger partial charge >= 0.3 is 0 Å². The number of aryl methyl sites for hydroxylation is 1. The first-order valence-corrected chi connectivity index (χ1v) is 5.40. The lowest BCUT2D eigenvalue weighted by molar-refractivity contribution is 0.501. The number of hydrogen-bond acceptors (Lipinski definition) is 2. The molecule has 0 spiro atoms. The van der Waals surface area contributed by atoms with Crippen molar-refractivity contribution in [2.75, 3.05) is 7.05 Å². The molecule has 1 aliphatic carbocycles. The predicted octanol–water partition coefficient (Wildman–Crippen LogP) is 2.45. The third-order valence-corrected chi connectivity index (χ3v) is 2.99. The van der Waals surface area contributed by atoms with Crippen LogP contribution in [0, 0.1) is 12.8 Å². The van der Waals surface area contributed by atoms with E-state index in [9.17, 15) is 0 Å². The Kier molecular flexibility index (Phi) is 2.82. The van der Waals surface area contributed by atoms with Gasteiger partial charge in [0.05, 0.1) is 5.69 Å². The van der Waals surface area contributed by atoms with Crippen molar-refractivity contribution in [2.24, 2.45) is 5.92 Å². The van der Waals surface area contributed by atoms with Crippen LogP contribution >= 0.6 is 0 Å². The maximum absolute atomic E-state index is 4.47. The topological polar surface area (TPSA) is 24.9 Å². The van der Waals surface area contributed by atoms with Crippen molar-refractivity contribution < 1.29 is 0 Å². The zero-order valence-electron chi connectivity index (χ0n) is 8.96. The van der Waals surface area contributed by atoms with Crippen LogP contribution in [0.2, 0.25) is 0 Å². The van der Waals surface area contributed by atoms with Gasteiger partial charge in [0, 0.05) is 12.2 Å². The molecule has 1 heterocycles. The van der Waals surface area contributed by atoms with Crippen molar-refractivity contribution in [1.82, 2.24) is 10.3 Å². The van der Waals surface area contributed by atoms with Gasteiger partial charge in [-0.2, -0.15) is 0 Å². The molecule has 0 radical (unpaired) electrons. The van der Waals surface area contributed by atoms with E-state index in [4.69, 9.17) is 0 Å². The van der Waals surface area contributed by atoms with Gasteiger partial charge in [-0.15, -0.1) is 0 Å². The highest BCUT2D eigenvalue weighted by Crippen LogP contribution is 2.37. The molecule has 76 valence electrons. The summed E-state index contributed by atoms with van der Waals surface area (Å²) in [5, 5.41) is 3.37. The van der Waals surface area contributed by atoms with Crippen molar-refractivity contribution in [3.05, 3.63) is 29.6 Å². The Balaban J connectivity index is 2.12. The molecular weight excluding hydrogens is 172 g/mol. The van der Waals surface area contributed by atoms with E-state index in [0.717, 1.165) is 5.92 Å². The Morgan fingerprint density at radius 1 is 1.57 bits per heavy atom. The molecule has 2 rings (SSSR count). The Hall–Kier alpha value is -0.890. The molecule has 1 atom stereocenters. The smallest absolute Gasteiger partial charge is 0.0602 e. The van der Waals surface area contributed by atoms with E-state index in [1.165, 1.54) is 30.5 Å². The Morgan fingerprint density at radius 2 is 2.36 bits per heavy atom. The minimum Gasteiger partial charge on any atom is -0.312 e. The molecule has 0 aromatic carbocycles. The summed E-state index contributed by atoms with van der Waals surface area (Å²) in [7, 11) is 2.03. The van der Waals surface area contributed by atoms with Crippen LogP contribution in [0.5, 0.6) is 0 Å². The number of hydrogen-bond donors (Lipinski definition) is 1. The second kappa shape index (κ2) is 4.09. The minimum absolute atomic E-state index is 0.448. The molecule has 1 aromatic rings. The highest BCUT2D eigenvalue weighted by Gasteiger charge is 2.26. The average molecular weight is 190 g/mol. The lowest BCUT2D eigenvalue weighted by atomic mass is 10.0. The van der Waals surface area contributed by atoms with Crippen LogP contribution in [0.25, 0.3) is 0 Å². The van der Waals surface area contributed by atoms with Crippen LogP contribution in [0.3, 0.4) is 0 Å². The molecule has 2 heteroatoms. The van der Waals surface area contributed by atoms with E-state index >= 15 is 0 Å². The van der Waals surface area contributed by atoms with Crippen LogP contribution in [-0.2, 0) is 0 Å². The SMILES string of the molecule is CNC(CC1CC1)c1ncccc1C. The Morgan fingerprint density at radius 3 is 2.93 bits per heavy atom. The van der Waals surface area contributed by atoms with Gasteiger partial charge in [0.25, 0.3) is 0 Å². The Bertz CT molecular complexity index is 305. The first-order valence-electron chi connectivity index (χ1n) is 5.40. The zero-order valence-corrected chi connectivity index (χ0v) is 8.96. The van der Waals surface area contributed by atoms with Crippen LogP contribution < -0.4 is 5.32 Å². The van der Waals surface area contributed by atoms with Gasteiger partial charge in [-0.1, -0.05) is 18.9 Å². The quantitative estimate of drug-likeness (QED) is 0.789. The van der Waals surface area contributed by atoms with Crippen molar-refractivity contribution in [2.45, 2.75) is 32.2 Å². The summed E-state index contributed by atoms with van der Waals surface area (Å²) < 4.78 is 0. The monoisotopic (exact) mass is 190 g/mol. The normalized spacial score (nSPS) is 18.1. The summed E-state index contributed by atoms with van der Waals surface area (Å²) in [4.78, 5) is 4.47. The number of nitrogens with zero attached hydrogens (tertiary/aromatic N) is 1. The third kappa shape index (κ3) is 2.13. The highest BCUT2D eigenvalue weighted by atomic mass is 14.9. The molecule has 1 fully saturated rings. The molecule has 1 N–H and O–H groups in total. The lowest BCUT2D eigenvalue weighted by Crippen LogP contribution is -2.19. The molecule has 1 unspecified atom stereocenters. The van der Waals surface area contributed by atoms with Gasteiger partial charge in [-0.05, 0) is 37.9 Å². The van der Waals surface area contributed by atoms with E-state index in [1.54, 1.807) is 0 Å². The summed E-state index contributed by atoms with van der Waals surface area (Å²) in [6.07, 6.45) is 5.95. The van der Waals surface area contributed by atoms with Crippen molar-refractivity contribution >= 4 is 0 Å². The maximum atomic E-state index is 4.47. The molecule has 1 aromatic heterocycles. The first-order chi connectivity index (χ1) is 6.81. The van der Waals surface area contributed by atoms with Crippen LogP contribution in [-0.4, -0.2) is 12.0 Å². The standard InChI is InChI=1S/C12H18N2/c1-9-4-3-7-14-12(9)11(13-2)8-10-5-6-10/h3-4,7,10-11,13H,5-6,8H2,1-2H3. The molecule has 0 bridgehead atoms. The fourth-order valence-corrected chi connectivity index (χ4v) is 1.92. The van der Waals surface area contributed by atoms with Gasteiger partial charge in [-0.25, -0.2) is 0 Å². The largest absolute Gasteiger partial charge is 0.312 e. The molecule has 1 aliphatic rings. The summed E-state index contributed by atoms with van der Waals surface area (Å²) >= 11 is 0. The maximum Gasteiger partial charge on any atom is 0.0602 e. The van der Waals surface area contributed by atoms with Crippen molar-refractivity contribution in [3.63, 3.8) is 0 Å². The predicted molar refractivity (Wildman–Crippen MR) is 58.1 cm³/mol. The minimum atomic E-state index is 0.448. The second-order valence-corrected chi connectivity index (χ2v) is 4.23. The van der Waals surface area contributed by atoms with Gasteiger partial charge in [0.15, 0.2) is 0 Å². The summed E-state index contributed by atoms with van der Waals surface area (Å²) in [6, 6.07) is 4.59. The van der Waals surface area contributed by atoms with E-state index in [-0.39, 0.29) is 0 Å². The van der Waals surface area contributed by atoms with Gasteiger partial charge in [0.2, 0.25) is 0 Å².